The monoisotopic (exact) mass is 313 g/mol. The predicted molar refractivity (Wildman–Crippen MR) is 94.0 cm³/mol. The molecule has 23 heavy (non-hydrogen) atoms. The van der Waals surface area contributed by atoms with E-state index in [-0.39, 0.29) is 12.0 Å². The normalized spacial score (nSPS) is 10.2. The van der Waals surface area contributed by atoms with Gasteiger partial charge in [0.15, 0.2) is 0 Å². The molecule has 0 bridgehead atoms. The highest BCUT2D eigenvalue weighted by Gasteiger charge is 2.07. The molecule has 2 amide bonds. The first-order valence-electron chi connectivity index (χ1n) is 7.81. The smallest absolute Gasteiger partial charge is 0.326 e. The Morgan fingerprint density at radius 1 is 1.13 bits per heavy atom. The van der Waals surface area contributed by atoms with Gasteiger partial charge in [-0.25, -0.2) is 9.78 Å². The fourth-order valence-electron chi connectivity index (χ4n) is 2.09. The molecule has 6 heteroatoms. The van der Waals surface area contributed by atoms with Gasteiger partial charge in [0.1, 0.15) is 5.82 Å². The second-order valence-corrected chi connectivity index (χ2v) is 5.45. The van der Waals surface area contributed by atoms with Crippen LogP contribution < -0.4 is 16.0 Å². The summed E-state index contributed by atoms with van der Waals surface area (Å²) in [5.74, 6) is 1.01. The van der Waals surface area contributed by atoms with Crippen LogP contribution in [0.1, 0.15) is 31.0 Å². The van der Waals surface area contributed by atoms with Gasteiger partial charge in [-0.05, 0) is 38.0 Å². The van der Waals surface area contributed by atoms with E-state index in [0.717, 1.165) is 42.1 Å². The summed E-state index contributed by atoms with van der Waals surface area (Å²) >= 11 is 0. The molecule has 0 aliphatic rings. The van der Waals surface area contributed by atoms with Gasteiger partial charge in [-0.3, -0.25) is 5.32 Å². The first-order chi connectivity index (χ1) is 11.1. The Hall–Kier alpha value is -2.63. The second kappa shape index (κ2) is 8.12. The number of unbranched alkanes of at least 4 members (excludes halogenated alkanes) is 1. The minimum Gasteiger partial charge on any atom is -0.370 e. The van der Waals surface area contributed by atoms with Crippen LogP contribution in [0.4, 0.5) is 22.2 Å². The lowest BCUT2D eigenvalue weighted by Crippen LogP contribution is -2.21. The molecule has 1 aromatic carbocycles. The van der Waals surface area contributed by atoms with E-state index < -0.39 is 0 Å². The minimum absolute atomic E-state index is 0.286. The van der Waals surface area contributed by atoms with Crippen molar-refractivity contribution in [1.82, 2.24) is 9.97 Å². The summed E-state index contributed by atoms with van der Waals surface area (Å²) in [7, 11) is 0. The Balaban J connectivity index is 1.99. The number of aryl methyl sites for hydroxylation is 2. The van der Waals surface area contributed by atoms with Crippen molar-refractivity contribution in [3.05, 3.63) is 41.6 Å². The van der Waals surface area contributed by atoms with Crippen molar-refractivity contribution in [1.29, 1.82) is 0 Å². The molecule has 0 radical (unpaired) electrons. The topological polar surface area (TPSA) is 78.9 Å². The van der Waals surface area contributed by atoms with Crippen LogP contribution in [-0.2, 0) is 0 Å². The molecule has 6 nitrogen and oxygen atoms in total. The number of nitrogens with one attached hydrogen (secondary N) is 3. The van der Waals surface area contributed by atoms with Crippen molar-refractivity contribution in [2.45, 2.75) is 33.6 Å². The summed E-state index contributed by atoms with van der Waals surface area (Å²) < 4.78 is 0. The minimum atomic E-state index is -0.360. The summed E-state index contributed by atoms with van der Waals surface area (Å²) in [5, 5.41) is 8.68. The van der Waals surface area contributed by atoms with Crippen LogP contribution in [0.25, 0.3) is 0 Å². The van der Waals surface area contributed by atoms with E-state index in [1.165, 1.54) is 0 Å². The van der Waals surface area contributed by atoms with E-state index >= 15 is 0 Å². The molecule has 0 aliphatic heterocycles. The zero-order valence-electron chi connectivity index (χ0n) is 13.8. The van der Waals surface area contributed by atoms with Crippen molar-refractivity contribution < 1.29 is 4.79 Å². The van der Waals surface area contributed by atoms with Crippen LogP contribution in [0, 0.1) is 13.8 Å². The van der Waals surface area contributed by atoms with Gasteiger partial charge in [-0.15, -0.1) is 0 Å². The average molecular weight is 313 g/mol. The van der Waals surface area contributed by atoms with E-state index in [1.807, 2.05) is 44.2 Å². The molecule has 2 rings (SSSR count). The van der Waals surface area contributed by atoms with E-state index in [1.54, 1.807) is 0 Å². The van der Waals surface area contributed by atoms with Crippen LogP contribution >= 0.6 is 0 Å². The highest BCUT2D eigenvalue weighted by Crippen LogP contribution is 2.12. The molecule has 1 heterocycles. The number of anilines is 3. The molecule has 3 N–H and O–H groups in total. The summed E-state index contributed by atoms with van der Waals surface area (Å²) in [6.07, 6.45) is 2.18. The Morgan fingerprint density at radius 2 is 1.96 bits per heavy atom. The van der Waals surface area contributed by atoms with Crippen LogP contribution in [0.3, 0.4) is 0 Å². The third-order valence-corrected chi connectivity index (χ3v) is 3.19. The molecule has 0 fully saturated rings. The first kappa shape index (κ1) is 16.7. The van der Waals surface area contributed by atoms with E-state index in [2.05, 4.69) is 32.8 Å². The molecular weight excluding hydrogens is 290 g/mol. The largest absolute Gasteiger partial charge is 0.370 e. The molecule has 0 atom stereocenters. The number of hydrogen-bond acceptors (Lipinski definition) is 4. The Labute approximate surface area is 136 Å². The predicted octanol–water partition coefficient (Wildman–Crippen LogP) is 3.95. The lowest BCUT2D eigenvalue weighted by molar-refractivity contribution is 0.262. The Kier molecular flexibility index (Phi) is 5.91. The first-order valence-corrected chi connectivity index (χ1v) is 7.81. The molecule has 122 valence electrons. The van der Waals surface area contributed by atoms with Crippen molar-refractivity contribution >= 4 is 23.5 Å². The number of amides is 2. The summed E-state index contributed by atoms with van der Waals surface area (Å²) in [5.41, 5.74) is 2.61. The maximum Gasteiger partial charge on any atom is 0.326 e. The van der Waals surface area contributed by atoms with Gasteiger partial charge < -0.3 is 10.6 Å². The molecular formula is C17H23N5O. The van der Waals surface area contributed by atoms with Crippen molar-refractivity contribution in [3.8, 4) is 0 Å². The third kappa shape index (κ3) is 5.58. The SMILES string of the molecule is CCCCNc1cc(C)nc(NC(=O)Nc2cccc(C)c2)n1. The number of rotatable bonds is 6. The van der Waals surface area contributed by atoms with E-state index in [0.29, 0.717) is 0 Å². The average Bonchev–Trinajstić information content (AvgIpc) is 2.46. The third-order valence-electron chi connectivity index (χ3n) is 3.19. The maximum absolute atomic E-state index is 12.1. The van der Waals surface area contributed by atoms with Crippen LogP contribution in [0.5, 0.6) is 0 Å². The Bertz CT molecular complexity index is 672. The van der Waals surface area contributed by atoms with Gasteiger partial charge in [0.25, 0.3) is 0 Å². The number of aromatic nitrogens is 2. The molecule has 0 saturated carbocycles. The zero-order valence-corrected chi connectivity index (χ0v) is 13.8. The van der Waals surface area contributed by atoms with Gasteiger partial charge in [-0.1, -0.05) is 25.5 Å². The van der Waals surface area contributed by atoms with E-state index in [4.69, 9.17) is 0 Å². The molecule has 0 aliphatic carbocycles. The summed E-state index contributed by atoms with van der Waals surface area (Å²) in [6, 6.07) is 9.10. The molecule has 0 unspecified atom stereocenters. The summed E-state index contributed by atoms with van der Waals surface area (Å²) in [4.78, 5) is 20.6. The van der Waals surface area contributed by atoms with Gasteiger partial charge in [-0.2, -0.15) is 4.98 Å². The quantitative estimate of drug-likeness (QED) is 0.706. The molecule has 0 saturated heterocycles. The lowest BCUT2D eigenvalue weighted by atomic mass is 10.2. The number of hydrogen-bond donors (Lipinski definition) is 3. The van der Waals surface area contributed by atoms with Crippen LogP contribution in [0.15, 0.2) is 30.3 Å². The Morgan fingerprint density at radius 3 is 2.70 bits per heavy atom. The molecule has 1 aromatic heterocycles. The fraction of sp³-hybridized carbons (Fsp3) is 0.353. The number of urea groups is 1. The molecule has 0 spiro atoms. The van der Waals surface area contributed by atoms with Crippen molar-refractivity contribution in [3.63, 3.8) is 0 Å². The van der Waals surface area contributed by atoms with E-state index in [9.17, 15) is 4.79 Å². The van der Waals surface area contributed by atoms with Gasteiger partial charge in [0, 0.05) is 24.0 Å². The van der Waals surface area contributed by atoms with Gasteiger partial charge >= 0.3 is 6.03 Å². The van der Waals surface area contributed by atoms with Crippen LogP contribution in [-0.4, -0.2) is 22.5 Å². The fourth-order valence-corrected chi connectivity index (χ4v) is 2.09. The van der Waals surface area contributed by atoms with Gasteiger partial charge in [0.05, 0.1) is 0 Å². The van der Waals surface area contributed by atoms with Crippen molar-refractivity contribution in [2.75, 3.05) is 22.5 Å². The standard InChI is InChI=1S/C17H23N5O/c1-4-5-9-18-15-11-13(3)19-16(21-15)22-17(23)20-14-8-6-7-12(2)10-14/h6-8,10-11H,4-5,9H2,1-3H3,(H3,18,19,20,21,22,23). The van der Waals surface area contributed by atoms with Gasteiger partial charge in [0.2, 0.25) is 5.95 Å². The summed E-state index contributed by atoms with van der Waals surface area (Å²) in [6.45, 7) is 6.83. The van der Waals surface area contributed by atoms with Crippen LogP contribution in [0.2, 0.25) is 0 Å². The lowest BCUT2D eigenvalue weighted by Gasteiger charge is -2.10. The molecule has 2 aromatic rings. The number of benzene rings is 1. The highest BCUT2D eigenvalue weighted by atomic mass is 16.2. The zero-order chi connectivity index (χ0) is 16.7. The number of nitrogens with zero attached hydrogens (tertiary/aromatic N) is 2. The number of carbonyl (C=O) groups excluding carboxylic acids is 1. The highest BCUT2D eigenvalue weighted by molar-refractivity contribution is 5.98. The van der Waals surface area contributed by atoms with Crippen molar-refractivity contribution in [2.24, 2.45) is 0 Å². The number of carbonyl (C=O) groups is 1. The maximum atomic E-state index is 12.1. The second-order valence-electron chi connectivity index (χ2n) is 5.45.